The number of nitrogens with zero attached hydrogens (tertiary/aromatic N) is 6. The van der Waals surface area contributed by atoms with Gasteiger partial charge in [-0.3, -0.25) is 0 Å². The molecule has 0 atom stereocenters. The molecule has 0 saturated carbocycles. The van der Waals surface area contributed by atoms with Crippen molar-refractivity contribution in [3.05, 3.63) is 36.4 Å². The van der Waals surface area contributed by atoms with Crippen LogP contribution in [0.3, 0.4) is 0 Å². The van der Waals surface area contributed by atoms with Crippen LogP contribution < -0.4 is 10.2 Å². The van der Waals surface area contributed by atoms with Gasteiger partial charge >= 0.3 is 0 Å². The van der Waals surface area contributed by atoms with Crippen molar-refractivity contribution >= 4 is 11.9 Å². The zero-order valence-corrected chi connectivity index (χ0v) is 12.1. The number of nitrogens with one attached hydrogen (secondary N) is 1. The molecule has 110 valence electrons. The first-order valence-electron chi connectivity index (χ1n) is 7.06. The van der Waals surface area contributed by atoms with Crippen LogP contribution in [0.15, 0.2) is 30.9 Å². The van der Waals surface area contributed by atoms with Crippen LogP contribution in [0.1, 0.15) is 5.56 Å². The predicted molar refractivity (Wildman–Crippen MR) is 81.1 cm³/mol. The molecule has 0 spiro atoms. The summed E-state index contributed by atoms with van der Waals surface area (Å²) < 4.78 is 0. The van der Waals surface area contributed by atoms with Gasteiger partial charge in [0.25, 0.3) is 0 Å². The molecule has 7 nitrogen and oxygen atoms in total. The number of piperazine rings is 1. The number of hydrogen-bond acceptors (Lipinski definition) is 7. The van der Waals surface area contributed by atoms with Gasteiger partial charge in [-0.2, -0.15) is 0 Å². The van der Waals surface area contributed by atoms with Crippen LogP contribution in [0.2, 0.25) is 0 Å². The summed E-state index contributed by atoms with van der Waals surface area (Å²) >= 11 is 0. The molecule has 2 aromatic rings. The van der Waals surface area contributed by atoms with Gasteiger partial charge in [0.1, 0.15) is 0 Å². The largest absolute Gasteiger partial charge is 0.350 e. The molecule has 1 fully saturated rings. The molecule has 0 aromatic carbocycles. The van der Waals surface area contributed by atoms with Gasteiger partial charge in [0, 0.05) is 63.1 Å². The highest BCUT2D eigenvalue weighted by atomic mass is 15.3. The minimum Gasteiger partial charge on any atom is -0.350 e. The fourth-order valence-corrected chi connectivity index (χ4v) is 2.18. The van der Waals surface area contributed by atoms with E-state index >= 15 is 0 Å². The van der Waals surface area contributed by atoms with Crippen LogP contribution in [0, 0.1) is 0 Å². The Balaban J connectivity index is 1.57. The van der Waals surface area contributed by atoms with Gasteiger partial charge in [-0.25, -0.2) is 19.9 Å². The zero-order valence-electron chi connectivity index (χ0n) is 12.1. The number of rotatable bonds is 4. The van der Waals surface area contributed by atoms with Gasteiger partial charge < -0.3 is 15.1 Å². The lowest BCUT2D eigenvalue weighted by molar-refractivity contribution is 0.311. The van der Waals surface area contributed by atoms with E-state index in [1.165, 1.54) is 0 Å². The van der Waals surface area contributed by atoms with E-state index in [9.17, 15) is 0 Å². The maximum absolute atomic E-state index is 4.46. The molecule has 0 unspecified atom stereocenters. The summed E-state index contributed by atoms with van der Waals surface area (Å²) in [7, 11) is 2.14. The van der Waals surface area contributed by atoms with Crippen LogP contribution in [0.25, 0.3) is 0 Å². The van der Waals surface area contributed by atoms with Gasteiger partial charge in [0.15, 0.2) is 0 Å². The number of aromatic nitrogens is 4. The van der Waals surface area contributed by atoms with Gasteiger partial charge in [-0.15, -0.1) is 0 Å². The third-order valence-corrected chi connectivity index (χ3v) is 3.49. The average molecular weight is 285 g/mol. The summed E-state index contributed by atoms with van der Waals surface area (Å²) in [6.07, 6.45) is 7.14. The normalized spacial score (nSPS) is 16.0. The topological polar surface area (TPSA) is 70.1 Å². The summed E-state index contributed by atoms with van der Waals surface area (Å²) in [6, 6.07) is 1.79. The Kier molecular flexibility index (Phi) is 4.20. The Hall–Kier alpha value is -2.28. The number of hydrogen-bond donors (Lipinski definition) is 1. The van der Waals surface area contributed by atoms with Crippen molar-refractivity contribution in [1.29, 1.82) is 0 Å². The Labute approximate surface area is 124 Å². The van der Waals surface area contributed by atoms with E-state index in [-0.39, 0.29) is 0 Å². The molecule has 3 heterocycles. The molecule has 21 heavy (non-hydrogen) atoms. The van der Waals surface area contributed by atoms with Crippen molar-refractivity contribution in [3.63, 3.8) is 0 Å². The summed E-state index contributed by atoms with van der Waals surface area (Å²) in [6.45, 7) is 4.68. The second-order valence-electron chi connectivity index (χ2n) is 5.11. The van der Waals surface area contributed by atoms with Crippen molar-refractivity contribution < 1.29 is 0 Å². The first-order valence-corrected chi connectivity index (χ1v) is 7.06. The standard InChI is InChI=1S/C14H19N7/c1-20-5-7-21(8-6-20)14-18-10-12(11-19-14)9-17-13-15-3-2-4-16-13/h2-4,10-11H,5-9H2,1H3,(H,15,16,17). The van der Waals surface area contributed by atoms with Crippen LogP contribution in [-0.4, -0.2) is 58.1 Å². The van der Waals surface area contributed by atoms with Crippen molar-refractivity contribution in [2.45, 2.75) is 6.54 Å². The fraction of sp³-hybridized carbons (Fsp3) is 0.429. The van der Waals surface area contributed by atoms with Crippen molar-refractivity contribution in [2.24, 2.45) is 0 Å². The fourth-order valence-electron chi connectivity index (χ4n) is 2.18. The maximum atomic E-state index is 4.46. The van der Waals surface area contributed by atoms with Crippen molar-refractivity contribution in [2.75, 3.05) is 43.4 Å². The zero-order chi connectivity index (χ0) is 14.5. The predicted octanol–water partition coefficient (Wildman–Crippen LogP) is 0.630. The molecule has 3 rings (SSSR count). The molecule has 2 aromatic heterocycles. The molecule has 1 aliphatic rings. The summed E-state index contributed by atoms with van der Waals surface area (Å²) in [5, 5.41) is 3.14. The smallest absolute Gasteiger partial charge is 0.225 e. The molecule has 0 radical (unpaired) electrons. The van der Waals surface area contributed by atoms with Crippen LogP contribution in [0.4, 0.5) is 11.9 Å². The van der Waals surface area contributed by atoms with Crippen molar-refractivity contribution in [3.8, 4) is 0 Å². The van der Waals surface area contributed by atoms with Crippen LogP contribution in [-0.2, 0) is 6.54 Å². The molecule has 0 aliphatic carbocycles. The van der Waals surface area contributed by atoms with E-state index in [0.29, 0.717) is 12.5 Å². The molecule has 1 aliphatic heterocycles. The summed E-state index contributed by atoms with van der Waals surface area (Å²) in [5.41, 5.74) is 1.01. The molecule has 1 saturated heterocycles. The molecule has 7 heteroatoms. The van der Waals surface area contributed by atoms with Gasteiger partial charge in [-0.05, 0) is 13.1 Å². The quantitative estimate of drug-likeness (QED) is 0.883. The first kappa shape index (κ1) is 13.7. The van der Waals surface area contributed by atoms with E-state index < -0.39 is 0 Å². The van der Waals surface area contributed by atoms with Gasteiger partial charge in [-0.1, -0.05) is 0 Å². The van der Waals surface area contributed by atoms with Gasteiger partial charge in [0.05, 0.1) is 0 Å². The van der Waals surface area contributed by atoms with Gasteiger partial charge in [0.2, 0.25) is 11.9 Å². The number of likely N-dealkylation sites (N-methyl/N-ethyl adjacent to an activating group) is 1. The van der Waals surface area contributed by atoms with E-state index in [4.69, 9.17) is 0 Å². The molecular formula is C14H19N7. The van der Waals surface area contributed by atoms with E-state index in [1.807, 2.05) is 12.4 Å². The second-order valence-corrected chi connectivity index (χ2v) is 5.11. The average Bonchev–Trinajstić information content (AvgIpc) is 2.55. The molecule has 1 N–H and O–H groups in total. The number of anilines is 2. The SMILES string of the molecule is CN1CCN(c2ncc(CNc3ncccn3)cn2)CC1. The van der Waals surface area contributed by atoms with Crippen LogP contribution >= 0.6 is 0 Å². The highest BCUT2D eigenvalue weighted by molar-refractivity contribution is 5.32. The highest BCUT2D eigenvalue weighted by Crippen LogP contribution is 2.10. The van der Waals surface area contributed by atoms with E-state index in [1.54, 1.807) is 18.5 Å². The highest BCUT2D eigenvalue weighted by Gasteiger charge is 2.15. The lowest BCUT2D eigenvalue weighted by atomic mass is 10.3. The lowest BCUT2D eigenvalue weighted by Crippen LogP contribution is -2.45. The summed E-state index contributed by atoms with van der Waals surface area (Å²) in [5.74, 6) is 1.42. The second kappa shape index (κ2) is 6.45. The lowest BCUT2D eigenvalue weighted by Gasteiger charge is -2.32. The molecule has 0 amide bonds. The maximum Gasteiger partial charge on any atom is 0.225 e. The first-order chi connectivity index (χ1) is 10.3. The van der Waals surface area contributed by atoms with E-state index in [2.05, 4.69) is 42.1 Å². The van der Waals surface area contributed by atoms with Crippen molar-refractivity contribution in [1.82, 2.24) is 24.8 Å². The minimum absolute atomic E-state index is 0.612. The molecular weight excluding hydrogens is 266 g/mol. The monoisotopic (exact) mass is 285 g/mol. The summed E-state index contributed by atoms with van der Waals surface area (Å²) in [4.78, 5) is 21.7. The minimum atomic E-state index is 0.612. The Morgan fingerprint density at radius 2 is 1.67 bits per heavy atom. The van der Waals surface area contributed by atoms with E-state index in [0.717, 1.165) is 37.7 Å². The Bertz CT molecular complexity index is 549. The third-order valence-electron chi connectivity index (χ3n) is 3.49. The third kappa shape index (κ3) is 3.63. The Morgan fingerprint density at radius 3 is 2.33 bits per heavy atom. The Morgan fingerprint density at radius 1 is 1.00 bits per heavy atom. The molecule has 0 bridgehead atoms. The van der Waals surface area contributed by atoms with Crippen LogP contribution in [0.5, 0.6) is 0 Å².